The summed E-state index contributed by atoms with van der Waals surface area (Å²) in [5.74, 6) is 2.01. The predicted molar refractivity (Wildman–Crippen MR) is 121 cm³/mol. The van der Waals surface area contributed by atoms with Gasteiger partial charge in [-0.05, 0) is 44.7 Å². The molecule has 1 saturated carbocycles. The Morgan fingerprint density at radius 1 is 1.32 bits per heavy atom. The van der Waals surface area contributed by atoms with E-state index in [2.05, 4.69) is 20.9 Å². The quantitative estimate of drug-likeness (QED) is 0.306. The second-order valence-corrected chi connectivity index (χ2v) is 6.81. The fourth-order valence-electron chi connectivity index (χ4n) is 3.05. The Hall–Kier alpha value is -1.97. The molecule has 0 saturated heterocycles. The van der Waals surface area contributed by atoms with Crippen molar-refractivity contribution in [3.63, 3.8) is 0 Å². The van der Waals surface area contributed by atoms with Gasteiger partial charge in [0.25, 0.3) is 0 Å². The number of halogens is 1. The van der Waals surface area contributed by atoms with Gasteiger partial charge in [0.15, 0.2) is 5.96 Å². The number of ether oxygens (including phenoxy) is 1. The zero-order valence-electron chi connectivity index (χ0n) is 16.5. The molecule has 8 heteroatoms. The maximum absolute atomic E-state index is 11.7. The zero-order valence-corrected chi connectivity index (χ0v) is 18.9. The first kappa shape index (κ1) is 22.3. The fourth-order valence-corrected chi connectivity index (χ4v) is 3.05. The van der Waals surface area contributed by atoms with Crippen LogP contribution in [0.4, 0.5) is 4.79 Å². The lowest BCUT2D eigenvalue weighted by Crippen LogP contribution is -2.48. The lowest BCUT2D eigenvalue weighted by molar-refractivity contribution is 0.146. The molecule has 2 unspecified atom stereocenters. The van der Waals surface area contributed by atoms with Gasteiger partial charge in [-0.3, -0.25) is 4.99 Å². The number of carbonyl (C=O) groups is 1. The molecule has 1 heterocycles. The molecule has 1 fully saturated rings. The molecular formula is C20H29IN4O3. The summed E-state index contributed by atoms with van der Waals surface area (Å²) in [5, 5.41) is 10.7. The lowest BCUT2D eigenvalue weighted by atomic mass is 10.2. The maximum atomic E-state index is 11.7. The van der Waals surface area contributed by atoms with Gasteiger partial charge in [-0.2, -0.15) is 0 Å². The largest absolute Gasteiger partial charge is 0.459 e. The first-order chi connectivity index (χ1) is 13.1. The summed E-state index contributed by atoms with van der Waals surface area (Å²) in [6, 6.07) is 9.97. The SMILES string of the molecule is CCOC(=O)NC(CNC(=NC)NC(C)c1cc2ccccc2o1)C1CC1.I. The molecule has 2 aromatic rings. The van der Waals surface area contributed by atoms with Gasteiger partial charge in [0.1, 0.15) is 11.3 Å². The minimum absolute atomic E-state index is 0. The molecule has 0 aliphatic heterocycles. The van der Waals surface area contributed by atoms with Crippen LogP contribution in [0, 0.1) is 5.92 Å². The highest BCUT2D eigenvalue weighted by Crippen LogP contribution is 2.32. The Morgan fingerprint density at radius 2 is 2.07 bits per heavy atom. The number of para-hydroxylation sites is 1. The number of hydrogen-bond acceptors (Lipinski definition) is 4. The molecule has 1 aliphatic carbocycles. The first-order valence-corrected chi connectivity index (χ1v) is 9.49. The van der Waals surface area contributed by atoms with Crippen molar-refractivity contribution in [3.05, 3.63) is 36.1 Å². The van der Waals surface area contributed by atoms with Crippen LogP contribution in [0.3, 0.4) is 0 Å². The van der Waals surface area contributed by atoms with Gasteiger partial charge >= 0.3 is 6.09 Å². The summed E-state index contributed by atoms with van der Waals surface area (Å²) < 4.78 is 10.9. The molecule has 154 valence electrons. The van der Waals surface area contributed by atoms with Crippen LogP contribution < -0.4 is 16.0 Å². The van der Waals surface area contributed by atoms with Crippen LogP contribution in [0.5, 0.6) is 0 Å². The van der Waals surface area contributed by atoms with E-state index in [-0.39, 0.29) is 42.2 Å². The van der Waals surface area contributed by atoms with Crippen LogP contribution in [0.2, 0.25) is 0 Å². The second-order valence-electron chi connectivity index (χ2n) is 6.81. The average Bonchev–Trinajstić information content (AvgIpc) is 3.41. The molecule has 1 amide bonds. The van der Waals surface area contributed by atoms with E-state index in [9.17, 15) is 4.79 Å². The first-order valence-electron chi connectivity index (χ1n) is 9.49. The minimum Gasteiger partial charge on any atom is -0.459 e. The third-order valence-electron chi connectivity index (χ3n) is 4.71. The highest BCUT2D eigenvalue weighted by atomic mass is 127. The van der Waals surface area contributed by atoms with Crippen molar-refractivity contribution in [3.8, 4) is 0 Å². The number of amides is 1. The van der Waals surface area contributed by atoms with Crippen LogP contribution in [0.1, 0.15) is 38.5 Å². The van der Waals surface area contributed by atoms with E-state index in [1.165, 1.54) is 0 Å². The molecule has 0 bridgehead atoms. The van der Waals surface area contributed by atoms with E-state index in [0.29, 0.717) is 25.0 Å². The Balaban J connectivity index is 0.00000280. The Kier molecular flexibility index (Phi) is 8.40. The van der Waals surface area contributed by atoms with Crippen LogP contribution in [-0.4, -0.2) is 38.3 Å². The zero-order chi connectivity index (χ0) is 19.2. The second kappa shape index (κ2) is 10.5. The number of fused-ring (bicyclic) bond motifs is 1. The van der Waals surface area contributed by atoms with Gasteiger partial charge < -0.3 is 25.1 Å². The number of nitrogens with one attached hydrogen (secondary N) is 3. The van der Waals surface area contributed by atoms with E-state index in [4.69, 9.17) is 9.15 Å². The Labute approximate surface area is 182 Å². The summed E-state index contributed by atoms with van der Waals surface area (Å²) in [4.78, 5) is 16.0. The standard InChI is InChI=1S/C20H28N4O3.HI/c1-4-26-20(25)24-16(14-9-10-14)12-22-19(21-3)23-13(2)18-11-15-7-5-6-8-17(15)27-18;/h5-8,11,13-14,16H,4,9-10,12H2,1-3H3,(H,24,25)(H2,21,22,23);1H. The van der Waals surface area contributed by atoms with Crippen LogP contribution >= 0.6 is 24.0 Å². The lowest BCUT2D eigenvalue weighted by Gasteiger charge is -2.21. The van der Waals surface area contributed by atoms with Gasteiger partial charge in [0, 0.05) is 19.0 Å². The number of aliphatic imine (C=N–C) groups is 1. The molecule has 0 radical (unpaired) electrons. The van der Waals surface area contributed by atoms with Crippen molar-refractivity contribution < 1.29 is 13.9 Å². The van der Waals surface area contributed by atoms with Gasteiger partial charge in [0.05, 0.1) is 18.7 Å². The smallest absolute Gasteiger partial charge is 0.407 e. The van der Waals surface area contributed by atoms with Crippen LogP contribution in [0.15, 0.2) is 39.7 Å². The monoisotopic (exact) mass is 500 g/mol. The summed E-state index contributed by atoms with van der Waals surface area (Å²) in [7, 11) is 1.73. The molecule has 0 spiro atoms. The van der Waals surface area contributed by atoms with Crippen molar-refractivity contribution >= 4 is 47.0 Å². The Morgan fingerprint density at radius 3 is 2.71 bits per heavy atom. The van der Waals surface area contributed by atoms with E-state index < -0.39 is 0 Å². The van der Waals surface area contributed by atoms with E-state index in [1.807, 2.05) is 37.3 Å². The summed E-state index contributed by atoms with van der Waals surface area (Å²) in [6.45, 7) is 4.79. The molecule has 1 aromatic carbocycles. The van der Waals surface area contributed by atoms with Crippen LogP contribution in [-0.2, 0) is 4.74 Å². The highest BCUT2D eigenvalue weighted by Gasteiger charge is 2.32. The van der Waals surface area contributed by atoms with Crippen LogP contribution in [0.25, 0.3) is 11.0 Å². The molecule has 1 aromatic heterocycles. The number of nitrogens with zero attached hydrogens (tertiary/aromatic N) is 1. The average molecular weight is 500 g/mol. The molecule has 1 aliphatic rings. The van der Waals surface area contributed by atoms with Crippen molar-refractivity contribution in [2.45, 2.75) is 38.8 Å². The number of hydrogen-bond donors (Lipinski definition) is 3. The molecule has 7 nitrogen and oxygen atoms in total. The number of rotatable bonds is 7. The van der Waals surface area contributed by atoms with Gasteiger partial charge in [-0.1, -0.05) is 18.2 Å². The van der Waals surface area contributed by atoms with E-state index in [1.54, 1.807) is 14.0 Å². The molecule has 3 rings (SSSR count). The van der Waals surface area contributed by atoms with E-state index >= 15 is 0 Å². The molecular weight excluding hydrogens is 471 g/mol. The van der Waals surface area contributed by atoms with Gasteiger partial charge in [-0.25, -0.2) is 4.79 Å². The van der Waals surface area contributed by atoms with Gasteiger partial charge in [-0.15, -0.1) is 24.0 Å². The molecule has 28 heavy (non-hydrogen) atoms. The minimum atomic E-state index is -0.366. The van der Waals surface area contributed by atoms with Crippen molar-refractivity contribution in [2.75, 3.05) is 20.2 Å². The fraction of sp³-hybridized carbons (Fsp3) is 0.500. The third-order valence-corrected chi connectivity index (χ3v) is 4.71. The summed E-state index contributed by atoms with van der Waals surface area (Å²) >= 11 is 0. The summed E-state index contributed by atoms with van der Waals surface area (Å²) in [6.07, 6.45) is 1.88. The number of carbonyl (C=O) groups excluding carboxylic acids is 1. The normalized spacial score (nSPS) is 16.0. The number of furan rings is 1. The topological polar surface area (TPSA) is 87.9 Å². The van der Waals surface area contributed by atoms with Crippen molar-refractivity contribution in [1.82, 2.24) is 16.0 Å². The number of guanidine groups is 1. The molecule has 3 N–H and O–H groups in total. The number of alkyl carbamates (subject to hydrolysis) is 1. The Bertz CT molecular complexity index is 771. The third kappa shape index (κ3) is 6.02. The predicted octanol–water partition coefficient (Wildman–Crippen LogP) is 3.80. The van der Waals surface area contributed by atoms with Gasteiger partial charge in [0.2, 0.25) is 0 Å². The molecule has 2 atom stereocenters. The van der Waals surface area contributed by atoms with E-state index in [0.717, 1.165) is 29.6 Å². The van der Waals surface area contributed by atoms with Crippen molar-refractivity contribution in [2.24, 2.45) is 10.9 Å². The van der Waals surface area contributed by atoms with Crippen molar-refractivity contribution in [1.29, 1.82) is 0 Å². The maximum Gasteiger partial charge on any atom is 0.407 e. The highest BCUT2D eigenvalue weighted by molar-refractivity contribution is 14.0. The summed E-state index contributed by atoms with van der Waals surface area (Å²) in [5.41, 5.74) is 0.872. The number of benzene rings is 1.